The van der Waals surface area contributed by atoms with E-state index in [1.165, 1.54) is 42.3 Å². The maximum absolute atomic E-state index is 3.64. The fraction of sp³-hybridized carbons (Fsp3) is 0.538. The van der Waals surface area contributed by atoms with Crippen LogP contribution in [0.4, 0.5) is 5.69 Å². The van der Waals surface area contributed by atoms with Crippen LogP contribution in [0.2, 0.25) is 0 Å². The molecule has 0 amide bonds. The van der Waals surface area contributed by atoms with Gasteiger partial charge in [-0.15, -0.1) is 0 Å². The van der Waals surface area contributed by atoms with Crippen molar-refractivity contribution >= 4 is 37.5 Å². The number of benzene rings is 1. The van der Waals surface area contributed by atoms with Crippen molar-refractivity contribution in [2.45, 2.75) is 38.1 Å². The Hall–Kier alpha value is -0.0200. The van der Waals surface area contributed by atoms with Gasteiger partial charge >= 0.3 is 0 Å². The van der Waals surface area contributed by atoms with Crippen LogP contribution >= 0.6 is 31.9 Å². The summed E-state index contributed by atoms with van der Waals surface area (Å²) in [6.45, 7) is 0. The predicted octanol–water partition coefficient (Wildman–Crippen LogP) is 4.98. The van der Waals surface area contributed by atoms with Gasteiger partial charge < -0.3 is 4.90 Å². The fourth-order valence-corrected chi connectivity index (χ4v) is 3.76. The molecule has 0 aliphatic heterocycles. The van der Waals surface area contributed by atoms with Gasteiger partial charge in [-0.05, 0) is 47.0 Å². The highest BCUT2D eigenvalue weighted by Gasteiger charge is 2.19. The average Bonchev–Trinajstić information content (AvgIpc) is 2.29. The normalized spacial score (nSPS) is 17.4. The van der Waals surface area contributed by atoms with E-state index in [0.717, 1.165) is 4.47 Å². The van der Waals surface area contributed by atoms with Gasteiger partial charge in [0.15, 0.2) is 0 Å². The van der Waals surface area contributed by atoms with Crippen molar-refractivity contribution in [1.29, 1.82) is 0 Å². The minimum atomic E-state index is 0.714. The number of hydrogen-bond acceptors (Lipinski definition) is 1. The highest BCUT2D eigenvalue weighted by atomic mass is 79.9. The summed E-state index contributed by atoms with van der Waals surface area (Å²) in [5.74, 6) is 0. The summed E-state index contributed by atoms with van der Waals surface area (Å²) < 4.78 is 2.30. The molecule has 2 rings (SSSR count). The zero-order valence-electron chi connectivity index (χ0n) is 9.55. The monoisotopic (exact) mass is 345 g/mol. The minimum absolute atomic E-state index is 0.714. The Morgan fingerprint density at radius 3 is 2.44 bits per heavy atom. The summed E-state index contributed by atoms with van der Waals surface area (Å²) in [5.41, 5.74) is 1.30. The van der Waals surface area contributed by atoms with Crippen LogP contribution in [0.15, 0.2) is 27.1 Å². The second-order valence-electron chi connectivity index (χ2n) is 4.50. The minimum Gasteiger partial charge on any atom is -0.371 e. The SMILES string of the molecule is CN(c1ccc(Br)cc1Br)C1CCCCC1. The quantitative estimate of drug-likeness (QED) is 0.729. The van der Waals surface area contributed by atoms with Crippen LogP contribution in [-0.4, -0.2) is 13.1 Å². The molecule has 0 radical (unpaired) electrons. The van der Waals surface area contributed by atoms with Crippen LogP contribution in [-0.2, 0) is 0 Å². The molecule has 0 bridgehead atoms. The van der Waals surface area contributed by atoms with Crippen LogP contribution in [0.1, 0.15) is 32.1 Å². The van der Waals surface area contributed by atoms with Crippen LogP contribution in [0.25, 0.3) is 0 Å². The summed E-state index contributed by atoms with van der Waals surface area (Å²) >= 11 is 7.14. The molecule has 1 saturated carbocycles. The molecule has 1 aromatic rings. The second-order valence-corrected chi connectivity index (χ2v) is 6.27. The van der Waals surface area contributed by atoms with E-state index in [9.17, 15) is 0 Å². The average molecular weight is 347 g/mol. The van der Waals surface area contributed by atoms with Gasteiger partial charge in [0, 0.05) is 22.0 Å². The Bertz CT molecular complexity index is 359. The highest BCUT2D eigenvalue weighted by Crippen LogP contribution is 2.32. The van der Waals surface area contributed by atoms with Gasteiger partial charge in [-0.2, -0.15) is 0 Å². The number of anilines is 1. The summed E-state index contributed by atoms with van der Waals surface area (Å²) in [4.78, 5) is 2.43. The highest BCUT2D eigenvalue weighted by molar-refractivity contribution is 9.11. The third kappa shape index (κ3) is 2.80. The first-order valence-corrected chi connectivity index (χ1v) is 7.45. The Morgan fingerprint density at radius 1 is 1.12 bits per heavy atom. The Kier molecular flexibility index (Phi) is 4.31. The van der Waals surface area contributed by atoms with E-state index in [1.807, 2.05) is 0 Å². The Balaban J connectivity index is 2.15. The number of nitrogens with zero attached hydrogens (tertiary/aromatic N) is 1. The molecule has 0 N–H and O–H groups in total. The predicted molar refractivity (Wildman–Crippen MR) is 77.1 cm³/mol. The number of rotatable bonds is 2. The van der Waals surface area contributed by atoms with Gasteiger partial charge in [0.1, 0.15) is 0 Å². The largest absolute Gasteiger partial charge is 0.371 e. The standard InChI is InChI=1S/C13H17Br2N/c1-16(11-5-3-2-4-6-11)13-8-7-10(14)9-12(13)15/h7-9,11H,2-6H2,1H3. The lowest BCUT2D eigenvalue weighted by molar-refractivity contribution is 0.427. The lowest BCUT2D eigenvalue weighted by atomic mass is 9.94. The zero-order valence-corrected chi connectivity index (χ0v) is 12.7. The van der Waals surface area contributed by atoms with E-state index in [-0.39, 0.29) is 0 Å². The van der Waals surface area contributed by atoms with Crippen molar-refractivity contribution in [1.82, 2.24) is 0 Å². The second kappa shape index (κ2) is 5.54. The van der Waals surface area contributed by atoms with Gasteiger partial charge in [0.05, 0.1) is 5.69 Å². The molecule has 0 spiro atoms. The topological polar surface area (TPSA) is 3.24 Å². The van der Waals surface area contributed by atoms with E-state index in [2.05, 4.69) is 62.0 Å². The van der Waals surface area contributed by atoms with E-state index < -0.39 is 0 Å². The zero-order chi connectivity index (χ0) is 11.5. The molecule has 3 heteroatoms. The first kappa shape index (κ1) is 12.4. The van der Waals surface area contributed by atoms with E-state index in [1.54, 1.807) is 0 Å². The maximum Gasteiger partial charge on any atom is 0.0511 e. The molecule has 0 aromatic heterocycles. The smallest absolute Gasteiger partial charge is 0.0511 e. The molecule has 1 fully saturated rings. The van der Waals surface area contributed by atoms with Crippen molar-refractivity contribution in [3.05, 3.63) is 27.1 Å². The molecule has 16 heavy (non-hydrogen) atoms. The molecule has 1 nitrogen and oxygen atoms in total. The maximum atomic E-state index is 3.64. The fourth-order valence-electron chi connectivity index (χ4n) is 2.43. The van der Waals surface area contributed by atoms with Gasteiger partial charge in [0.2, 0.25) is 0 Å². The first-order chi connectivity index (χ1) is 7.68. The van der Waals surface area contributed by atoms with Gasteiger partial charge in [0.25, 0.3) is 0 Å². The van der Waals surface area contributed by atoms with Gasteiger partial charge in [-0.1, -0.05) is 35.2 Å². The lowest BCUT2D eigenvalue weighted by Gasteiger charge is -2.33. The lowest BCUT2D eigenvalue weighted by Crippen LogP contribution is -2.33. The van der Waals surface area contributed by atoms with E-state index >= 15 is 0 Å². The van der Waals surface area contributed by atoms with Crippen LogP contribution in [0.3, 0.4) is 0 Å². The first-order valence-electron chi connectivity index (χ1n) is 5.86. The molecule has 0 unspecified atom stereocenters. The van der Waals surface area contributed by atoms with E-state index in [4.69, 9.17) is 0 Å². The van der Waals surface area contributed by atoms with E-state index in [0.29, 0.717) is 6.04 Å². The van der Waals surface area contributed by atoms with Crippen molar-refractivity contribution in [3.8, 4) is 0 Å². The van der Waals surface area contributed by atoms with Crippen LogP contribution < -0.4 is 4.90 Å². The third-order valence-corrected chi connectivity index (χ3v) is 4.54. The molecule has 1 aliphatic carbocycles. The Labute approximate surface area is 114 Å². The molecular formula is C13H17Br2N. The summed E-state index contributed by atoms with van der Waals surface area (Å²) in [7, 11) is 2.21. The molecule has 1 aliphatic rings. The molecule has 1 aromatic carbocycles. The van der Waals surface area contributed by atoms with Crippen molar-refractivity contribution in [3.63, 3.8) is 0 Å². The summed E-state index contributed by atoms with van der Waals surface area (Å²) in [5, 5.41) is 0. The van der Waals surface area contributed by atoms with Crippen molar-refractivity contribution in [2.24, 2.45) is 0 Å². The van der Waals surface area contributed by atoms with Gasteiger partial charge in [-0.25, -0.2) is 0 Å². The molecule has 88 valence electrons. The van der Waals surface area contributed by atoms with Crippen molar-refractivity contribution in [2.75, 3.05) is 11.9 Å². The summed E-state index contributed by atoms with van der Waals surface area (Å²) in [6, 6.07) is 7.13. The molecule has 0 saturated heterocycles. The third-order valence-electron chi connectivity index (χ3n) is 3.41. The van der Waals surface area contributed by atoms with Gasteiger partial charge in [-0.3, -0.25) is 0 Å². The van der Waals surface area contributed by atoms with Crippen LogP contribution in [0.5, 0.6) is 0 Å². The van der Waals surface area contributed by atoms with Crippen LogP contribution in [0, 0.1) is 0 Å². The Morgan fingerprint density at radius 2 is 1.81 bits per heavy atom. The molecular weight excluding hydrogens is 330 g/mol. The molecule has 0 atom stereocenters. The summed E-state index contributed by atoms with van der Waals surface area (Å²) in [6.07, 6.45) is 6.83. The van der Waals surface area contributed by atoms with Crippen molar-refractivity contribution < 1.29 is 0 Å². The number of halogens is 2. The number of hydrogen-bond donors (Lipinski definition) is 0. The molecule has 0 heterocycles.